The number of pyridine rings is 1. The standard InChI is InChI=1S/C10H10BrFN2O/c11-6-10(2-3-10)14-9(15)7-1-4-13-5-8(7)12/h1,4-5H,2-3,6H2,(H,14,15). The number of aromatic nitrogens is 1. The van der Waals surface area contributed by atoms with Crippen LogP contribution in [0.15, 0.2) is 18.5 Å². The van der Waals surface area contributed by atoms with E-state index in [1.165, 1.54) is 12.3 Å². The second-order valence-corrected chi connectivity index (χ2v) is 4.28. The van der Waals surface area contributed by atoms with E-state index in [9.17, 15) is 9.18 Å². The molecule has 1 aliphatic carbocycles. The molecule has 0 spiro atoms. The molecular formula is C10H10BrFN2O. The van der Waals surface area contributed by atoms with Crippen molar-refractivity contribution in [2.24, 2.45) is 0 Å². The van der Waals surface area contributed by atoms with E-state index in [2.05, 4.69) is 26.2 Å². The first-order valence-electron chi connectivity index (χ1n) is 4.65. The third-order valence-corrected chi connectivity index (χ3v) is 3.58. The molecule has 15 heavy (non-hydrogen) atoms. The van der Waals surface area contributed by atoms with Crippen LogP contribution < -0.4 is 5.32 Å². The maximum atomic E-state index is 13.2. The minimum atomic E-state index is -0.583. The molecule has 5 heteroatoms. The zero-order chi connectivity index (χ0) is 10.9. The van der Waals surface area contributed by atoms with E-state index in [0.717, 1.165) is 19.0 Å². The van der Waals surface area contributed by atoms with Crippen molar-refractivity contribution in [3.8, 4) is 0 Å². The molecule has 1 aliphatic rings. The van der Waals surface area contributed by atoms with Gasteiger partial charge >= 0.3 is 0 Å². The number of rotatable bonds is 3. The fourth-order valence-electron chi connectivity index (χ4n) is 1.31. The summed E-state index contributed by atoms with van der Waals surface area (Å²) < 4.78 is 13.2. The van der Waals surface area contributed by atoms with Gasteiger partial charge in [-0.05, 0) is 18.9 Å². The maximum absolute atomic E-state index is 13.2. The SMILES string of the molecule is O=C(NC1(CBr)CC1)c1ccncc1F. The highest BCUT2D eigenvalue weighted by Gasteiger charge is 2.43. The van der Waals surface area contributed by atoms with Gasteiger partial charge in [0.15, 0.2) is 5.82 Å². The zero-order valence-corrected chi connectivity index (χ0v) is 9.55. The third kappa shape index (κ3) is 2.17. The van der Waals surface area contributed by atoms with Crippen molar-refractivity contribution in [3.05, 3.63) is 29.8 Å². The molecule has 0 bridgehead atoms. The Bertz CT molecular complexity index is 393. The van der Waals surface area contributed by atoms with Gasteiger partial charge in [-0.3, -0.25) is 9.78 Å². The molecule has 0 unspecified atom stereocenters. The smallest absolute Gasteiger partial charge is 0.254 e. The van der Waals surface area contributed by atoms with Crippen molar-refractivity contribution < 1.29 is 9.18 Å². The highest BCUT2D eigenvalue weighted by atomic mass is 79.9. The largest absolute Gasteiger partial charge is 0.346 e. The fraction of sp³-hybridized carbons (Fsp3) is 0.400. The molecule has 0 radical (unpaired) electrons. The van der Waals surface area contributed by atoms with Gasteiger partial charge in [-0.1, -0.05) is 15.9 Å². The van der Waals surface area contributed by atoms with Gasteiger partial charge in [0, 0.05) is 11.5 Å². The number of carbonyl (C=O) groups is 1. The van der Waals surface area contributed by atoms with Crippen molar-refractivity contribution in [3.63, 3.8) is 0 Å². The summed E-state index contributed by atoms with van der Waals surface area (Å²) in [4.78, 5) is 15.3. The number of alkyl halides is 1. The first-order chi connectivity index (χ1) is 7.17. The second kappa shape index (κ2) is 3.89. The molecule has 0 saturated heterocycles. The molecule has 3 nitrogen and oxygen atoms in total. The molecular weight excluding hydrogens is 263 g/mol. The average Bonchev–Trinajstić information content (AvgIpc) is 2.99. The molecule has 1 aromatic heterocycles. The van der Waals surface area contributed by atoms with Crippen LogP contribution in [0.4, 0.5) is 4.39 Å². The van der Waals surface area contributed by atoms with E-state index in [-0.39, 0.29) is 17.0 Å². The second-order valence-electron chi connectivity index (χ2n) is 3.72. The van der Waals surface area contributed by atoms with E-state index >= 15 is 0 Å². The molecule has 1 aromatic rings. The highest BCUT2D eigenvalue weighted by Crippen LogP contribution is 2.37. The predicted molar refractivity (Wildman–Crippen MR) is 57.4 cm³/mol. The van der Waals surface area contributed by atoms with Gasteiger partial charge in [0.05, 0.1) is 17.3 Å². The van der Waals surface area contributed by atoms with E-state index in [1.807, 2.05) is 0 Å². The molecule has 80 valence electrons. The Kier molecular flexibility index (Phi) is 2.73. The van der Waals surface area contributed by atoms with Gasteiger partial charge in [-0.25, -0.2) is 4.39 Å². The quantitative estimate of drug-likeness (QED) is 0.854. The lowest BCUT2D eigenvalue weighted by atomic mass is 10.2. The number of hydrogen-bond acceptors (Lipinski definition) is 2. The van der Waals surface area contributed by atoms with Gasteiger partial charge < -0.3 is 5.32 Å². The maximum Gasteiger partial charge on any atom is 0.254 e. The monoisotopic (exact) mass is 272 g/mol. The lowest BCUT2D eigenvalue weighted by Gasteiger charge is -2.14. The van der Waals surface area contributed by atoms with E-state index < -0.39 is 5.82 Å². The van der Waals surface area contributed by atoms with Crippen LogP contribution in [0.5, 0.6) is 0 Å². The number of carbonyl (C=O) groups excluding carboxylic acids is 1. The van der Waals surface area contributed by atoms with E-state index in [0.29, 0.717) is 5.33 Å². The van der Waals surface area contributed by atoms with Gasteiger partial charge in [-0.2, -0.15) is 0 Å². The van der Waals surface area contributed by atoms with Crippen molar-refractivity contribution in [1.29, 1.82) is 0 Å². The normalized spacial score (nSPS) is 17.2. The lowest BCUT2D eigenvalue weighted by Crippen LogP contribution is -2.38. The van der Waals surface area contributed by atoms with Gasteiger partial charge in [0.1, 0.15) is 0 Å². The number of nitrogens with one attached hydrogen (secondary N) is 1. The summed E-state index contributed by atoms with van der Waals surface area (Å²) in [5, 5.41) is 3.53. The van der Waals surface area contributed by atoms with Crippen molar-refractivity contribution >= 4 is 21.8 Å². The van der Waals surface area contributed by atoms with Crippen LogP contribution >= 0.6 is 15.9 Å². The predicted octanol–water partition coefficient (Wildman–Crippen LogP) is 1.88. The molecule has 0 atom stereocenters. The number of nitrogens with zero attached hydrogens (tertiary/aromatic N) is 1. The lowest BCUT2D eigenvalue weighted by molar-refractivity contribution is 0.0932. The van der Waals surface area contributed by atoms with Gasteiger partial charge in [0.25, 0.3) is 5.91 Å². The minimum Gasteiger partial charge on any atom is -0.346 e. The summed E-state index contributed by atoms with van der Waals surface area (Å²) in [6.45, 7) is 0. The fourth-order valence-corrected chi connectivity index (χ4v) is 2.01. The highest BCUT2D eigenvalue weighted by molar-refractivity contribution is 9.09. The number of halogens is 2. The molecule has 0 aromatic carbocycles. The number of hydrogen-bond donors (Lipinski definition) is 1. The Morgan fingerprint density at radius 2 is 2.40 bits per heavy atom. The Balaban J connectivity index is 2.12. The van der Waals surface area contributed by atoms with Crippen molar-refractivity contribution in [2.45, 2.75) is 18.4 Å². The summed E-state index contributed by atoms with van der Waals surface area (Å²) >= 11 is 3.33. The molecule has 1 fully saturated rings. The Morgan fingerprint density at radius 1 is 1.67 bits per heavy atom. The van der Waals surface area contributed by atoms with E-state index in [4.69, 9.17) is 0 Å². The summed E-state index contributed by atoms with van der Waals surface area (Å²) in [6.07, 6.45) is 4.34. The number of amides is 1. The van der Waals surface area contributed by atoms with Crippen LogP contribution in [0.25, 0.3) is 0 Å². The van der Waals surface area contributed by atoms with Crippen LogP contribution in [-0.4, -0.2) is 21.8 Å². The summed E-state index contributed by atoms with van der Waals surface area (Å²) in [5.74, 6) is -0.952. The summed E-state index contributed by atoms with van der Waals surface area (Å²) in [6, 6.07) is 1.38. The average molecular weight is 273 g/mol. The van der Waals surface area contributed by atoms with Crippen LogP contribution in [0.3, 0.4) is 0 Å². The Hall–Kier alpha value is -0.970. The van der Waals surface area contributed by atoms with Crippen LogP contribution in [0.2, 0.25) is 0 Å². The molecule has 1 N–H and O–H groups in total. The summed E-state index contributed by atoms with van der Waals surface area (Å²) in [7, 11) is 0. The minimum absolute atomic E-state index is 0.0530. The molecule has 2 rings (SSSR count). The first-order valence-corrected chi connectivity index (χ1v) is 5.77. The van der Waals surface area contributed by atoms with Crippen LogP contribution in [0.1, 0.15) is 23.2 Å². The Labute approximate surface area is 95.2 Å². The first kappa shape index (κ1) is 10.5. The topological polar surface area (TPSA) is 42.0 Å². The van der Waals surface area contributed by atoms with Gasteiger partial charge in [-0.15, -0.1) is 0 Å². The van der Waals surface area contributed by atoms with Crippen molar-refractivity contribution in [1.82, 2.24) is 10.3 Å². The molecule has 1 saturated carbocycles. The van der Waals surface area contributed by atoms with Crippen molar-refractivity contribution in [2.75, 3.05) is 5.33 Å². The van der Waals surface area contributed by atoms with Gasteiger partial charge in [0.2, 0.25) is 0 Å². The zero-order valence-electron chi connectivity index (χ0n) is 7.96. The van der Waals surface area contributed by atoms with E-state index in [1.54, 1.807) is 0 Å². The van der Waals surface area contributed by atoms with Crippen LogP contribution in [-0.2, 0) is 0 Å². The summed E-state index contributed by atoms with van der Waals surface area (Å²) in [5.41, 5.74) is -0.107. The molecule has 1 amide bonds. The molecule has 0 aliphatic heterocycles. The van der Waals surface area contributed by atoms with Crippen LogP contribution in [0, 0.1) is 5.82 Å². The Morgan fingerprint density at radius 3 is 2.93 bits per heavy atom. The third-order valence-electron chi connectivity index (χ3n) is 2.51. The molecule has 1 heterocycles.